The number of hydrogen-bond acceptors (Lipinski definition) is 4. The van der Waals surface area contributed by atoms with E-state index >= 15 is 0 Å². The molecule has 0 saturated heterocycles. The fourth-order valence-corrected chi connectivity index (χ4v) is 1.38. The Morgan fingerprint density at radius 1 is 0.947 bits per heavy atom. The normalized spacial score (nSPS) is 8.79. The molecule has 0 aliphatic rings. The fraction of sp³-hybridized carbons (Fsp3) is 0.833. The van der Waals surface area contributed by atoms with E-state index in [2.05, 4.69) is 6.92 Å². The van der Waals surface area contributed by atoms with Crippen molar-refractivity contribution < 1.29 is 47.0 Å². The summed E-state index contributed by atoms with van der Waals surface area (Å²) in [7, 11) is 0.521. The Bertz CT molecular complexity index is 296. The first-order chi connectivity index (χ1) is 8.41. The van der Waals surface area contributed by atoms with E-state index in [1.807, 2.05) is 14.1 Å². The maximum absolute atomic E-state index is 11.2. The molecular weight excluding hydrogens is 277 g/mol. The maximum atomic E-state index is 11.2. The molecule has 0 spiro atoms. The molecule has 0 fully saturated rings. The van der Waals surface area contributed by atoms with Crippen molar-refractivity contribution in [3.63, 3.8) is 0 Å². The Kier molecular flexibility index (Phi) is 23.0. The third kappa shape index (κ3) is 27.3. The van der Waals surface area contributed by atoms with Crippen LogP contribution in [0.1, 0.15) is 51.4 Å². The summed E-state index contributed by atoms with van der Waals surface area (Å²) in [5.74, 6) is 0.253. The largest absolute Gasteiger partial charge is 1.00 e. The third-order valence-corrected chi connectivity index (χ3v) is 2.39. The van der Waals surface area contributed by atoms with Crippen LogP contribution in [0.15, 0.2) is 0 Å². The second kappa shape index (κ2) is 18.1. The van der Waals surface area contributed by atoms with Crippen LogP contribution in [0.4, 0.5) is 0 Å². The molecule has 0 aromatic heterocycles. The van der Waals surface area contributed by atoms with Crippen LogP contribution in [-0.4, -0.2) is 37.5 Å². The second-order valence-corrected chi connectivity index (χ2v) is 4.63. The Labute approximate surface area is 140 Å². The summed E-state index contributed by atoms with van der Waals surface area (Å²) in [5, 5.41) is 0. The monoisotopic (exact) mass is 301 g/mol. The summed E-state index contributed by atoms with van der Waals surface area (Å²) < 4.78 is 25.3. The molecule has 0 N–H and O–H groups in total. The molecule has 0 unspecified atom stereocenters. The molecule has 0 aliphatic heterocycles. The van der Waals surface area contributed by atoms with E-state index in [0.29, 0.717) is 6.42 Å². The van der Waals surface area contributed by atoms with Crippen molar-refractivity contribution in [1.82, 2.24) is 4.90 Å². The van der Waals surface area contributed by atoms with E-state index in [0.717, 1.165) is 12.8 Å². The Hall–Kier alpha value is 0.0900. The molecule has 5 nitrogen and oxygen atoms in total. The van der Waals surface area contributed by atoms with Crippen LogP contribution >= 0.6 is 0 Å². The second-order valence-electron chi connectivity index (χ2n) is 4.22. The molecule has 0 saturated carbocycles. The van der Waals surface area contributed by atoms with Gasteiger partial charge in [0, 0.05) is 20.5 Å². The minimum Gasteiger partial charge on any atom is -0.349 e. The molecule has 7 heteroatoms. The molecule has 0 rings (SSSR count). The van der Waals surface area contributed by atoms with Gasteiger partial charge in [-0.2, -0.15) is 6.42 Å². The van der Waals surface area contributed by atoms with Crippen molar-refractivity contribution in [3.8, 4) is 0 Å². The average molecular weight is 301 g/mol. The summed E-state index contributed by atoms with van der Waals surface area (Å²) >= 11 is 0. The first-order valence-electron chi connectivity index (χ1n) is 6.18. The summed E-state index contributed by atoms with van der Waals surface area (Å²) in [6.07, 6.45) is 9.10. The Morgan fingerprint density at radius 2 is 1.32 bits per heavy atom. The smallest absolute Gasteiger partial charge is 0.349 e. The maximum Gasteiger partial charge on any atom is 1.00 e. The van der Waals surface area contributed by atoms with Gasteiger partial charge in [-0.15, -0.1) is 12.6 Å². The molecule has 1 amide bonds. The van der Waals surface area contributed by atoms with Gasteiger partial charge in [0.2, 0.25) is 5.91 Å². The SMILES string of the molecule is O=S(=O)=O.[CH2-]CCCCCCCCC(=O)N(C)C.[Na+]. The molecule has 0 aromatic rings. The van der Waals surface area contributed by atoms with E-state index in [4.69, 9.17) is 12.6 Å². The van der Waals surface area contributed by atoms with Gasteiger partial charge in [0.15, 0.2) is 0 Å². The summed E-state index contributed by atoms with van der Waals surface area (Å²) in [6, 6.07) is 0. The molecule has 19 heavy (non-hydrogen) atoms. The van der Waals surface area contributed by atoms with E-state index in [-0.39, 0.29) is 35.5 Å². The zero-order chi connectivity index (χ0) is 14.4. The minimum absolute atomic E-state index is 0. The van der Waals surface area contributed by atoms with Gasteiger partial charge in [0.1, 0.15) is 0 Å². The van der Waals surface area contributed by atoms with Gasteiger partial charge in [-0.3, -0.25) is 4.79 Å². The first-order valence-corrected chi connectivity index (χ1v) is 7.18. The number of carbonyl (C=O) groups is 1. The van der Waals surface area contributed by atoms with E-state index in [1.54, 1.807) is 4.90 Å². The standard InChI is InChI=1S/C12H24NO.Na.O3S/c1-4-5-6-7-8-9-10-11-12(14)13(2)3;;1-4(2)3/h1,4-11H2,2-3H3;;/q-1;+1;. The molecule has 0 atom stereocenters. The zero-order valence-electron chi connectivity index (χ0n) is 12.4. The van der Waals surface area contributed by atoms with Gasteiger partial charge in [-0.05, 0) is 6.42 Å². The summed E-state index contributed by atoms with van der Waals surface area (Å²) in [6.45, 7) is 3.81. The van der Waals surface area contributed by atoms with Crippen molar-refractivity contribution in [1.29, 1.82) is 0 Å². The molecule has 0 heterocycles. The van der Waals surface area contributed by atoms with Crippen molar-refractivity contribution in [2.75, 3.05) is 14.1 Å². The molecule has 0 radical (unpaired) electrons. The van der Waals surface area contributed by atoms with Gasteiger partial charge < -0.3 is 11.8 Å². The molecule has 108 valence electrons. The predicted molar refractivity (Wildman–Crippen MR) is 70.7 cm³/mol. The van der Waals surface area contributed by atoms with Crippen LogP contribution < -0.4 is 29.6 Å². The summed E-state index contributed by atoms with van der Waals surface area (Å²) in [5.41, 5.74) is 0. The van der Waals surface area contributed by atoms with Crippen molar-refractivity contribution >= 4 is 16.5 Å². The number of rotatable bonds is 8. The van der Waals surface area contributed by atoms with E-state index in [1.165, 1.54) is 32.1 Å². The quantitative estimate of drug-likeness (QED) is 0.328. The van der Waals surface area contributed by atoms with Crippen LogP contribution in [0.5, 0.6) is 0 Å². The molecule has 0 aliphatic carbocycles. The number of nitrogens with zero attached hydrogens (tertiary/aromatic N) is 1. The summed E-state index contributed by atoms with van der Waals surface area (Å²) in [4.78, 5) is 12.9. The van der Waals surface area contributed by atoms with E-state index < -0.39 is 10.6 Å². The average Bonchev–Trinajstić information content (AvgIpc) is 2.26. The molecule has 0 aromatic carbocycles. The molecular formula is C12H24NNaO4S. The van der Waals surface area contributed by atoms with Crippen LogP contribution in [0.25, 0.3) is 0 Å². The fourth-order valence-electron chi connectivity index (χ4n) is 1.38. The molecule has 0 bridgehead atoms. The first kappa shape index (κ1) is 24.1. The van der Waals surface area contributed by atoms with Gasteiger partial charge in [-0.25, -0.2) is 0 Å². The number of amides is 1. The Morgan fingerprint density at radius 3 is 1.68 bits per heavy atom. The number of unbranched alkanes of at least 4 members (excludes halogenated alkanes) is 6. The van der Waals surface area contributed by atoms with Gasteiger partial charge >= 0.3 is 40.2 Å². The van der Waals surface area contributed by atoms with E-state index in [9.17, 15) is 4.79 Å². The third-order valence-electron chi connectivity index (χ3n) is 2.39. The van der Waals surface area contributed by atoms with Crippen molar-refractivity contribution in [2.24, 2.45) is 0 Å². The topological polar surface area (TPSA) is 71.5 Å². The van der Waals surface area contributed by atoms with Crippen LogP contribution in [0.3, 0.4) is 0 Å². The van der Waals surface area contributed by atoms with Crippen LogP contribution in [0, 0.1) is 6.92 Å². The Balaban J connectivity index is -0.000000448. The zero-order valence-corrected chi connectivity index (χ0v) is 15.2. The van der Waals surface area contributed by atoms with Gasteiger partial charge in [0.05, 0.1) is 0 Å². The predicted octanol–water partition coefficient (Wildman–Crippen LogP) is -0.971. The minimum atomic E-state index is -3.11. The van der Waals surface area contributed by atoms with Crippen LogP contribution in [0.2, 0.25) is 0 Å². The number of hydrogen-bond donors (Lipinski definition) is 0. The van der Waals surface area contributed by atoms with Crippen LogP contribution in [-0.2, 0) is 15.4 Å². The van der Waals surface area contributed by atoms with Gasteiger partial charge in [0.25, 0.3) is 0 Å². The van der Waals surface area contributed by atoms with Crippen molar-refractivity contribution in [2.45, 2.75) is 51.4 Å². The van der Waals surface area contributed by atoms with Crippen molar-refractivity contribution in [3.05, 3.63) is 6.92 Å². The number of carbonyl (C=O) groups excluding carboxylic acids is 1. The van der Waals surface area contributed by atoms with Gasteiger partial charge in [-0.1, -0.05) is 32.1 Å².